The van der Waals surface area contributed by atoms with E-state index in [1.807, 2.05) is 83.3 Å². The highest BCUT2D eigenvalue weighted by molar-refractivity contribution is 7.89. The Hall–Kier alpha value is -5.22. The molecule has 1 amide bonds. The first-order valence-corrected chi connectivity index (χ1v) is 20.8. The Bertz CT molecular complexity index is 2420. The van der Waals surface area contributed by atoms with E-state index in [1.165, 1.54) is 12.1 Å². The number of carbonyl (C=O) groups is 1. The SMILES string of the molecule is CC(=O)N1CCN(c2ccc(OC[C@H]3CO[C@](Cn4ccnc4)(c4ccc(Cl)cc4Cl)O3)cc2)CC1.Cc1onc(-c2ccccc2)c1-c1ccc(S(N)(=O)=O)cc1. The van der Waals surface area contributed by atoms with Gasteiger partial charge in [0.1, 0.15) is 29.9 Å². The van der Waals surface area contributed by atoms with Crippen LogP contribution in [0.4, 0.5) is 5.69 Å². The van der Waals surface area contributed by atoms with E-state index in [-0.39, 0.29) is 16.9 Å². The van der Waals surface area contributed by atoms with Gasteiger partial charge in [0, 0.05) is 67.3 Å². The molecule has 0 spiro atoms. The van der Waals surface area contributed by atoms with Gasteiger partial charge in [-0.25, -0.2) is 18.5 Å². The van der Waals surface area contributed by atoms with Crippen molar-refractivity contribution in [2.24, 2.45) is 5.14 Å². The van der Waals surface area contributed by atoms with Crippen molar-refractivity contribution >= 4 is 44.8 Å². The summed E-state index contributed by atoms with van der Waals surface area (Å²) in [5, 5.41) is 10.3. The van der Waals surface area contributed by atoms with Gasteiger partial charge in [-0.05, 0) is 61.0 Å². The number of hydrogen-bond donors (Lipinski definition) is 1. The smallest absolute Gasteiger partial charge is 0.238 e. The average molecular weight is 846 g/mol. The topological polar surface area (TPSA) is 155 Å². The summed E-state index contributed by atoms with van der Waals surface area (Å²) in [6.45, 7) is 7.62. The normalized spacial score (nSPS) is 18.1. The van der Waals surface area contributed by atoms with Crippen molar-refractivity contribution in [2.45, 2.75) is 37.2 Å². The van der Waals surface area contributed by atoms with Crippen LogP contribution in [0, 0.1) is 6.92 Å². The molecule has 0 saturated carbocycles. The lowest BCUT2D eigenvalue weighted by Crippen LogP contribution is -2.48. The number of imidazole rings is 1. The lowest BCUT2D eigenvalue weighted by Gasteiger charge is -2.35. The fraction of sp³-hybridized carbons (Fsp3) is 0.262. The van der Waals surface area contributed by atoms with Crippen LogP contribution in [0.25, 0.3) is 22.4 Å². The van der Waals surface area contributed by atoms with Crippen LogP contribution in [0.1, 0.15) is 18.2 Å². The number of halogens is 2. The van der Waals surface area contributed by atoms with Gasteiger partial charge >= 0.3 is 0 Å². The molecule has 4 heterocycles. The quantitative estimate of drug-likeness (QED) is 0.150. The predicted molar refractivity (Wildman–Crippen MR) is 221 cm³/mol. The van der Waals surface area contributed by atoms with Crippen LogP contribution < -0.4 is 14.8 Å². The fourth-order valence-electron chi connectivity index (χ4n) is 6.91. The van der Waals surface area contributed by atoms with E-state index >= 15 is 0 Å². The molecule has 2 aromatic heterocycles. The third-order valence-corrected chi connectivity index (χ3v) is 11.4. The van der Waals surface area contributed by atoms with Gasteiger partial charge in [-0.15, -0.1) is 0 Å². The first-order chi connectivity index (χ1) is 27.9. The molecule has 0 bridgehead atoms. The van der Waals surface area contributed by atoms with E-state index < -0.39 is 15.8 Å². The van der Waals surface area contributed by atoms with Gasteiger partial charge < -0.3 is 33.1 Å². The molecule has 4 aromatic carbocycles. The molecule has 0 unspecified atom stereocenters. The molecule has 2 aliphatic heterocycles. The number of primary sulfonamides is 1. The van der Waals surface area contributed by atoms with Gasteiger partial charge in [-0.3, -0.25) is 4.79 Å². The average Bonchev–Trinajstić information content (AvgIpc) is 3.99. The Balaban J connectivity index is 0.000000199. The maximum Gasteiger partial charge on any atom is 0.238 e. The molecule has 2 aliphatic rings. The number of nitrogens with zero attached hydrogens (tertiary/aromatic N) is 5. The van der Waals surface area contributed by atoms with E-state index in [0.29, 0.717) is 41.1 Å². The number of rotatable bonds is 10. The maximum atomic E-state index is 11.6. The summed E-state index contributed by atoms with van der Waals surface area (Å²) in [6.07, 6.45) is 4.98. The fourth-order valence-corrected chi connectivity index (χ4v) is 7.98. The number of amides is 1. The molecule has 0 aliphatic carbocycles. The lowest BCUT2D eigenvalue weighted by atomic mass is 10.00. The number of sulfonamides is 1. The molecular formula is C42H42Cl2N6O7S. The first-order valence-electron chi connectivity index (χ1n) is 18.5. The second-order valence-electron chi connectivity index (χ2n) is 13.9. The number of hydrogen-bond acceptors (Lipinski definition) is 10. The molecule has 2 saturated heterocycles. The molecule has 58 heavy (non-hydrogen) atoms. The molecule has 16 heteroatoms. The summed E-state index contributed by atoms with van der Waals surface area (Å²) < 4.78 is 48.6. The summed E-state index contributed by atoms with van der Waals surface area (Å²) in [6, 6.07) is 29.3. The molecular weight excluding hydrogens is 803 g/mol. The van der Waals surface area contributed by atoms with Crippen molar-refractivity contribution in [3.63, 3.8) is 0 Å². The zero-order valence-electron chi connectivity index (χ0n) is 31.8. The third kappa shape index (κ3) is 9.55. The number of piperazine rings is 1. The van der Waals surface area contributed by atoms with E-state index in [4.69, 9.17) is 47.1 Å². The Kier molecular flexibility index (Phi) is 12.5. The van der Waals surface area contributed by atoms with Crippen molar-refractivity contribution in [2.75, 3.05) is 44.3 Å². The van der Waals surface area contributed by atoms with E-state index in [1.54, 1.807) is 43.7 Å². The monoisotopic (exact) mass is 844 g/mol. The number of nitrogens with two attached hydrogens (primary N) is 1. The Morgan fingerprint density at radius 3 is 2.31 bits per heavy atom. The minimum atomic E-state index is -3.70. The second-order valence-corrected chi connectivity index (χ2v) is 16.3. The second kappa shape index (κ2) is 17.7. The Labute approximate surface area is 346 Å². The molecule has 0 radical (unpaired) electrons. The minimum Gasteiger partial charge on any atom is -0.491 e. The van der Waals surface area contributed by atoms with Crippen LogP contribution >= 0.6 is 23.2 Å². The Morgan fingerprint density at radius 2 is 1.67 bits per heavy atom. The number of aryl methyl sites for hydroxylation is 1. The number of benzene rings is 4. The van der Waals surface area contributed by atoms with Gasteiger partial charge in [0.05, 0.1) is 35.0 Å². The molecule has 13 nitrogen and oxygen atoms in total. The predicted octanol–water partition coefficient (Wildman–Crippen LogP) is 7.17. The van der Waals surface area contributed by atoms with Crippen molar-refractivity contribution in [1.29, 1.82) is 0 Å². The first kappa shape index (κ1) is 41.0. The zero-order chi connectivity index (χ0) is 40.9. The van der Waals surface area contributed by atoms with Crippen LogP contribution in [-0.4, -0.2) is 79.4 Å². The van der Waals surface area contributed by atoms with Crippen molar-refractivity contribution in [3.8, 4) is 28.1 Å². The van der Waals surface area contributed by atoms with Crippen molar-refractivity contribution in [1.82, 2.24) is 19.6 Å². The molecule has 6 aromatic rings. The highest BCUT2D eigenvalue weighted by Crippen LogP contribution is 2.41. The van der Waals surface area contributed by atoms with E-state index in [2.05, 4.69) is 15.0 Å². The largest absolute Gasteiger partial charge is 0.491 e. The summed E-state index contributed by atoms with van der Waals surface area (Å²) in [7, 11) is -3.70. The van der Waals surface area contributed by atoms with Crippen LogP contribution in [0.2, 0.25) is 10.0 Å². The van der Waals surface area contributed by atoms with Gasteiger partial charge in [0.2, 0.25) is 21.7 Å². The zero-order valence-corrected chi connectivity index (χ0v) is 34.2. The van der Waals surface area contributed by atoms with Gasteiger partial charge in [0.15, 0.2) is 0 Å². The standard InChI is InChI=1S/C26H28Cl2N4O4.C16H14N2O3S/c1-19(33)31-10-12-32(13-11-31)21-3-5-22(6-4-21)34-15-23-16-35-26(36-23,17-30-9-8-29-18-30)24-7-2-20(27)14-25(24)28;1-11-15(12-7-9-14(10-8-12)22(17,19)20)16(18-21-11)13-5-3-2-4-6-13/h2-9,14,18,23H,10-13,15-17H2,1H3;2-10H,1H3,(H2,17,19,20)/t23-,26-;/m0./s1. The minimum absolute atomic E-state index is 0.0756. The molecule has 8 rings (SSSR count). The number of carbonyl (C=O) groups excluding carboxylic acids is 1. The molecule has 2 atom stereocenters. The van der Waals surface area contributed by atoms with Crippen molar-refractivity contribution in [3.05, 3.63) is 137 Å². The molecule has 302 valence electrons. The van der Waals surface area contributed by atoms with E-state index in [9.17, 15) is 13.2 Å². The van der Waals surface area contributed by atoms with Gasteiger partial charge in [-0.1, -0.05) is 76.9 Å². The van der Waals surface area contributed by atoms with Crippen LogP contribution in [-0.2, 0) is 36.6 Å². The van der Waals surface area contributed by atoms with Crippen LogP contribution in [0.15, 0.2) is 125 Å². The highest BCUT2D eigenvalue weighted by Gasteiger charge is 2.45. The number of aromatic nitrogens is 3. The highest BCUT2D eigenvalue weighted by atomic mass is 35.5. The number of ether oxygens (including phenoxy) is 3. The van der Waals surface area contributed by atoms with Crippen LogP contribution in [0.5, 0.6) is 5.75 Å². The van der Waals surface area contributed by atoms with Crippen molar-refractivity contribution < 1.29 is 31.9 Å². The van der Waals surface area contributed by atoms with Crippen LogP contribution in [0.3, 0.4) is 0 Å². The third-order valence-electron chi connectivity index (χ3n) is 9.90. The molecule has 2 fully saturated rings. The molecule has 2 N–H and O–H groups in total. The summed E-state index contributed by atoms with van der Waals surface area (Å²) >= 11 is 12.7. The van der Waals surface area contributed by atoms with Gasteiger partial charge in [0.25, 0.3) is 0 Å². The summed E-state index contributed by atoms with van der Waals surface area (Å²) in [4.78, 5) is 19.9. The van der Waals surface area contributed by atoms with E-state index in [0.717, 1.165) is 60.0 Å². The lowest BCUT2D eigenvalue weighted by molar-refractivity contribution is -0.189. The summed E-state index contributed by atoms with van der Waals surface area (Å²) in [5.41, 5.74) is 5.14. The summed E-state index contributed by atoms with van der Waals surface area (Å²) in [5.74, 6) is 0.467. The Morgan fingerprint density at radius 1 is 0.948 bits per heavy atom. The van der Waals surface area contributed by atoms with Gasteiger partial charge in [-0.2, -0.15) is 0 Å². The number of anilines is 1. The maximum absolute atomic E-state index is 11.6.